The van der Waals surface area contributed by atoms with Gasteiger partial charge in [0.15, 0.2) is 12.4 Å². The number of fused-ring (bicyclic) bond motifs is 1. The molecule has 0 saturated heterocycles. The van der Waals surface area contributed by atoms with E-state index in [1.807, 2.05) is 53.4 Å². The molecule has 0 fully saturated rings. The standard InChI is InChI=1S/C32H26BrN2O5/c1-3-40-32(38)27-19-29(31(37)23-6-10-26(39-2)11-7-23)35-17-14-24(18-28(27)35)21-12-15-34(16-13-21)20-30(36)22-4-8-25(33)9-5-22/h4-19H,3,20H2,1-2H3/q+1. The summed E-state index contributed by atoms with van der Waals surface area (Å²) in [6.07, 6.45) is 5.47. The van der Waals surface area contributed by atoms with Crippen LogP contribution >= 0.6 is 15.9 Å². The van der Waals surface area contributed by atoms with E-state index >= 15 is 0 Å². The molecule has 40 heavy (non-hydrogen) atoms. The topological polar surface area (TPSA) is 78.0 Å². The molecular formula is C32H26BrN2O5+. The number of hydrogen-bond donors (Lipinski definition) is 0. The third-order valence-electron chi connectivity index (χ3n) is 6.57. The van der Waals surface area contributed by atoms with Crippen LogP contribution in [0.4, 0.5) is 0 Å². The number of methoxy groups -OCH3 is 1. The van der Waals surface area contributed by atoms with Crippen molar-refractivity contribution in [3.8, 4) is 16.9 Å². The monoisotopic (exact) mass is 597 g/mol. The summed E-state index contributed by atoms with van der Waals surface area (Å²) in [4.78, 5) is 38.9. The number of ketones is 2. The summed E-state index contributed by atoms with van der Waals surface area (Å²) in [6.45, 7) is 2.17. The summed E-state index contributed by atoms with van der Waals surface area (Å²) in [5, 5.41) is 0. The minimum Gasteiger partial charge on any atom is -0.497 e. The zero-order chi connectivity index (χ0) is 28.2. The van der Waals surface area contributed by atoms with E-state index in [0.29, 0.717) is 33.7 Å². The number of carbonyl (C=O) groups is 3. The first-order valence-electron chi connectivity index (χ1n) is 12.7. The molecule has 7 nitrogen and oxygen atoms in total. The smallest absolute Gasteiger partial charge is 0.340 e. The van der Waals surface area contributed by atoms with Gasteiger partial charge in [0, 0.05) is 33.9 Å². The molecular weight excluding hydrogens is 572 g/mol. The van der Waals surface area contributed by atoms with Crippen molar-refractivity contribution in [2.45, 2.75) is 13.5 Å². The first-order valence-corrected chi connectivity index (χ1v) is 13.5. The predicted molar refractivity (Wildman–Crippen MR) is 154 cm³/mol. The lowest BCUT2D eigenvalue weighted by Gasteiger charge is -2.07. The second kappa shape index (κ2) is 11.7. The maximum Gasteiger partial charge on any atom is 0.340 e. The van der Waals surface area contributed by atoms with Crippen molar-refractivity contribution < 1.29 is 28.4 Å². The number of ether oxygens (including phenoxy) is 2. The summed E-state index contributed by atoms with van der Waals surface area (Å²) in [6, 6.07) is 23.3. The second-order valence-electron chi connectivity index (χ2n) is 9.08. The molecule has 0 aliphatic rings. The highest BCUT2D eigenvalue weighted by atomic mass is 79.9. The Kier molecular flexibility index (Phi) is 7.89. The van der Waals surface area contributed by atoms with Crippen LogP contribution in [0, 0.1) is 0 Å². The summed E-state index contributed by atoms with van der Waals surface area (Å²) < 4.78 is 14.9. The molecule has 0 N–H and O–H groups in total. The van der Waals surface area contributed by atoms with E-state index < -0.39 is 5.97 Å². The molecule has 3 aromatic heterocycles. The number of pyridine rings is 2. The van der Waals surface area contributed by atoms with Gasteiger partial charge in [-0.15, -0.1) is 0 Å². The molecule has 0 aliphatic heterocycles. The molecule has 0 spiro atoms. The number of hydrogen-bond acceptors (Lipinski definition) is 5. The van der Waals surface area contributed by atoms with Crippen molar-refractivity contribution >= 4 is 39.0 Å². The van der Waals surface area contributed by atoms with E-state index in [0.717, 1.165) is 15.6 Å². The van der Waals surface area contributed by atoms with Crippen LogP contribution in [0.3, 0.4) is 0 Å². The molecule has 0 atom stereocenters. The molecule has 0 radical (unpaired) electrons. The van der Waals surface area contributed by atoms with E-state index in [1.54, 1.807) is 67.1 Å². The first kappa shape index (κ1) is 27.0. The van der Waals surface area contributed by atoms with Crippen molar-refractivity contribution in [3.05, 3.63) is 124 Å². The summed E-state index contributed by atoms with van der Waals surface area (Å²) in [5.41, 5.74) is 4.10. The summed E-state index contributed by atoms with van der Waals surface area (Å²) >= 11 is 3.39. The highest BCUT2D eigenvalue weighted by Gasteiger charge is 2.22. The molecule has 3 heterocycles. The minimum atomic E-state index is -0.497. The van der Waals surface area contributed by atoms with Crippen LogP contribution in [-0.2, 0) is 11.3 Å². The van der Waals surface area contributed by atoms with Gasteiger partial charge < -0.3 is 13.9 Å². The molecule has 200 valence electrons. The van der Waals surface area contributed by atoms with E-state index in [-0.39, 0.29) is 24.7 Å². The molecule has 0 saturated carbocycles. The Morgan fingerprint density at radius 3 is 2.17 bits per heavy atom. The Labute approximate surface area is 239 Å². The molecule has 0 bridgehead atoms. The molecule has 0 aliphatic carbocycles. The lowest BCUT2D eigenvalue weighted by Crippen LogP contribution is -2.37. The van der Waals surface area contributed by atoms with Crippen molar-refractivity contribution in [2.75, 3.05) is 13.7 Å². The van der Waals surface area contributed by atoms with Crippen molar-refractivity contribution in [3.63, 3.8) is 0 Å². The Bertz CT molecular complexity index is 1710. The summed E-state index contributed by atoms with van der Waals surface area (Å²) in [7, 11) is 1.57. The highest BCUT2D eigenvalue weighted by molar-refractivity contribution is 9.10. The third-order valence-corrected chi connectivity index (χ3v) is 7.10. The average molecular weight is 598 g/mol. The van der Waals surface area contributed by atoms with Gasteiger partial charge in [-0.05, 0) is 72.6 Å². The van der Waals surface area contributed by atoms with E-state index in [1.165, 1.54) is 0 Å². The van der Waals surface area contributed by atoms with Crippen LogP contribution in [0.15, 0.2) is 102 Å². The number of carbonyl (C=O) groups excluding carboxylic acids is 3. The lowest BCUT2D eigenvalue weighted by molar-refractivity contribution is -0.683. The predicted octanol–water partition coefficient (Wildman–Crippen LogP) is 5.96. The molecule has 8 heteroatoms. The van der Waals surface area contributed by atoms with Gasteiger partial charge in [-0.3, -0.25) is 9.59 Å². The number of aromatic nitrogens is 2. The van der Waals surface area contributed by atoms with Crippen LogP contribution in [0.2, 0.25) is 0 Å². The number of nitrogens with zero attached hydrogens (tertiary/aromatic N) is 2. The van der Waals surface area contributed by atoms with E-state index in [4.69, 9.17) is 9.47 Å². The number of rotatable bonds is 9. The van der Waals surface area contributed by atoms with Gasteiger partial charge in [0.1, 0.15) is 5.75 Å². The van der Waals surface area contributed by atoms with Crippen LogP contribution in [0.5, 0.6) is 5.75 Å². The first-order chi connectivity index (χ1) is 19.4. The Hall–Kier alpha value is -4.56. The van der Waals surface area contributed by atoms with Crippen LogP contribution < -0.4 is 9.30 Å². The average Bonchev–Trinajstić information content (AvgIpc) is 3.37. The minimum absolute atomic E-state index is 0.00740. The van der Waals surface area contributed by atoms with E-state index in [2.05, 4.69) is 15.9 Å². The third kappa shape index (κ3) is 5.58. The number of halogens is 1. The SMILES string of the molecule is CCOC(=O)c1cc(C(=O)c2ccc(OC)cc2)n2ccc(-c3cc[n+](CC(=O)c4ccc(Br)cc4)cc3)cc12. The molecule has 0 unspecified atom stereocenters. The fourth-order valence-corrected chi connectivity index (χ4v) is 4.73. The lowest BCUT2D eigenvalue weighted by atomic mass is 10.1. The number of Topliss-reactive ketones (excluding diaryl/α,β-unsaturated/α-hetero) is 1. The van der Waals surface area contributed by atoms with Crippen LogP contribution in [0.1, 0.15) is 43.7 Å². The fourth-order valence-electron chi connectivity index (χ4n) is 4.46. The van der Waals surface area contributed by atoms with Crippen LogP contribution in [-0.4, -0.2) is 35.7 Å². The van der Waals surface area contributed by atoms with Gasteiger partial charge in [0.2, 0.25) is 18.1 Å². The molecule has 5 rings (SSSR count). The molecule has 2 aromatic carbocycles. The number of esters is 1. The van der Waals surface area contributed by atoms with Gasteiger partial charge in [-0.25, -0.2) is 4.79 Å². The van der Waals surface area contributed by atoms with Gasteiger partial charge in [0.05, 0.1) is 30.5 Å². The Balaban J connectivity index is 1.46. The molecule has 0 amide bonds. The van der Waals surface area contributed by atoms with Crippen molar-refractivity contribution in [1.82, 2.24) is 4.40 Å². The normalized spacial score (nSPS) is 10.9. The van der Waals surface area contributed by atoms with Crippen LogP contribution in [0.25, 0.3) is 16.6 Å². The fraction of sp³-hybridized carbons (Fsp3) is 0.125. The van der Waals surface area contributed by atoms with Gasteiger partial charge in [-0.1, -0.05) is 28.1 Å². The Morgan fingerprint density at radius 1 is 0.850 bits per heavy atom. The highest BCUT2D eigenvalue weighted by Crippen LogP contribution is 2.27. The maximum atomic E-state index is 13.4. The Morgan fingerprint density at radius 2 is 1.52 bits per heavy atom. The van der Waals surface area contributed by atoms with Crippen molar-refractivity contribution in [1.29, 1.82) is 0 Å². The van der Waals surface area contributed by atoms with Crippen molar-refractivity contribution in [2.24, 2.45) is 0 Å². The van der Waals surface area contributed by atoms with Gasteiger partial charge >= 0.3 is 5.97 Å². The number of benzene rings is 2. The van der Waals surface area contributed by atoms with E-state index in [9.17, 15) is 14.4 Å². The molecule has 5 aromatic rings. The maximum absolute atomic E-state index is 13.4. The summed E-state index contributed by atoms with van der Waals surface area (Å²) in [5.74, 6) is -0.0660. The zero-order valence-corrected chi connectivity index (χ0v) is 23.6. The van der Waals surface area contributed by atoms with Gasteiger partial charge in [-0.2, -0.15) is 4.57 Å². The van der Waals surface area contributed by atoms with Gasteiger partial charge in [0.25, 0.3) is 0 Å². The largest absolute Gasteiger partial charge is 0.497 e. The quantitative estimate of drug-likeness (QED) is 0.119. The second-order valence-corrected chi connectivity index (χ2v) is 10.00. The zero-order valence-electron chi connectivity index (χ0n) is 22.0.